The maximum absolute atomic E-state index is 9.64. The van der Waals surface area contributed by atoms with E-state index in [1.165, 1.54) is 58.2 Å². The highest BCUT2D eigenvalue weighted by atomic mass is 15.2. The Morgan fingerprint density at radius 1 is 1.24 bits per heavy atom. The molecule has 1 heterocycles. The fourth-order valence-electron chi connectivity index (χ4n) is 4.59. The van der Waals surface area contributed by atoms with E-state index in [4.69, 9.17) is 0 Å². The van der Waals surface area contributed by atoms with Gasteiger partial charge in [0.25, 0.3) is 0 Å². The van der Waals surface area contributed by atoms with Crippen LogP contribution in [0.4, 0.5) is 0 Å². The van der Waals surface area contributed by atoms with Crippen molar-refractivity contribution in [3.05, 3.63) is 0 Å². The van der Waals surface area contributed by atoms with Crippen LogP contribution in [-0.4, -0.2) is 36.6 Å². The van der Waals surface area contributed by atoms with Crippen molar-refractivity contribution in [2.45, 2.75) is 71.3 Å². The number of nitrogens with one attached hydrogen (secondary N) is 1. The van der Waals surface area contributed by atoms with Gasteiger partial charge in [-0.25, -0.2) is 0 Å². The number of hydrogen-bond acceptors (Lipinski definition) is 3. The van der Waals surface area contributed by atoms with E-state index in [1.807, 2.05) is 0 Å². The third-order valence-electron chi connectivity index (χ3n) is 6.32. The lowest BCUT2D eigenvalue weighted by atomic mass is 9.82. The Morgan fingerprint density at radius 3 is 2.57 bits per heavy atom. The SMILES string of the molecule is CCNC1(C#N)CCCC1CCN1CCC(CC)(CC)C1. The second kappa shape index (κ2) is 7.11. The normalized spacial score (nSPS) is 32.4. The van der Waals surface area contributed by atoms with E-state index in [2.05, 4.69) is 37.1 Å². The van der Waals surface area contributed by atoms with Crippen LogP contribution in [0.15, 0.2) is 0 Å². The van der Waals surface area contributed by atoms with Crippen LogP contribution in [0.1, 0.15) is 65.7 Å². The van der Waals surface area contributed by atoms with E-state index in [1.54, 1.807) is 0 Å². The smallest absolute Gasteiger partial charge is 0.109 e. The Bertz CT molecular complexity index is 369. The number of hydrogen-bond donors (Lipinski definition) is 1. The van der Waals surface area contributed by atoms with Crippen LogP contribution in [0.5, 0.6) is 0 Å². The van der Waals surface area contributed by atoms with Gasteiger partial charge < -0.3 is 4.90 Å². The molecule has 2 fully saturated rings. The molecule has 3 nitrogen and oxygen atoms in total. The van der Waals surface area contributed by atoms with E-state index < -0.39 is 0 Å². The van der Waals surface area contributed by atoms with E-state index in [0.717, 1.165) is 13.0 Å². The minimum absolute atomic E-state index is 0.235. The van der Waals surface area contributed by atoms with Gasteiger partial charge in [0.15, 0.2) is 0 Å². The molecule has 3 heteroatoms. The third kappa shape index (κ3) is 3.43. The highest BCUT2D eigenvalue weighted by molar-refractivity contribution is 5.14. The summed E-state index contributed by atoms with van der Waals surface area (Å²) in [6, 6.07) is 2.61. The molecule has 0 aromatic carbocycles. The zero-order chi connectivity index (χ0) is 15.3. The van der Waals surface area contributed by atoms with Crippen LogP contribution in [0, 0.1) is 22.7 Å². The van der Waals surface area contributed by atoms with Crippen LogP contribution >= 0.6 is 0 Å². The molecular formula is C18H33N3. The lowest BCUT2D eigenvalue weighted by Crippen LogP contribution is -2.47. The molecule has 1 aliphatic carbocycles. The van der Waals surface area contributed by atoms with Crippen LogP contribution in [0.25, 0.3) is 0 Å². The first-order valence-electron chi connectivity index (χ1n) is 9.02. The summed E-state index contributed by atoms with van der Waals surface area (Å²) in [6.07, 6.45) is 8.63. The van der Waals surface area contributed by atoms with Gasteiger partial charge in [-0.1, -0.05) is 27.2 Å². The topological polar surface area (TPSA) is 39.1 Å². The van der Waals surface area contributed by atoms with Gasteiger partial charge in [-0.05, 0) is 69.5 Å². The number of likely N-dealkylation sites (tertiary alicyclic amines) is 1. The minimum Gasteiger partial charge on any atom is -0.303 e. The summed E-state index contributed by atoms with van der Waals surface area (Å²) >= 11 is 0. The molecular weight excluding hydrogens is 258 g/mol. The van der Waals surface area contributed by atoms with Gasteiger partial charge in [-0.3, -0.25) is 5.32 Å². The highest BCUT2D eigenvalue weighted by Gasteiger charge is 2.43. The number of nitrogens with zero attached hydrogens (tertiary/aromatic N) is 2. The first kappa shape index (κ1) is 16.8. The molecule has 0 bridgehead atoms. The van der Waals surface area contributed by atoms with Crippen molar-refractivity contribution in [1.29, 1.82) is 5.26 Å². The molecule has 0 spiro atoms. The second-order valence-corrected chi connectivity index (χ2v) is 7.22. The molecule has 0 amide bonds. The van der Waals surface area contributed by atoms with E-state index in [9.17, 15) is 5.26 Å². The standard InChI is InChI=1S/C18H33N3/c1-4-17(5-2)11-13-21(15-17)12-9-16-8-7-10-18(16,14-19)20-6-3/h16,20H,4-13,15H2,1-3H3. The second-order valence-electron chi connectivity index (χ2n) is 7.22. The monoisotopic (exact) mass is 291 g/mol. The molecule has 0 aromatic rings. The van der Waals surface area contributed by atoms with Crippen molar-refractivity contribution in [2.75, 3.05) is 26.2 Å². The average Bonchev–Trinajstić information content (AvgIpc) is 3.10. The van der Waals surface area contributed by atoms with Crippen LogP contribution in [-0.2, 0) is 0 Å². The summed E-state index contributed by atoms with van der Waals surface area (Å²) < 4.78 is 0. The van der Waals surface area contributed by atoms with Crippen molar-refractivity contribution >= 4 is 0 Å². The summed E-state index contributed by atoms with van der Waals surface area (Å²) in [4.78, 5) is 2.65. The van der Waals surface area contributed by atoms with Crippen molar-refractivity contribution in [1.82, 2.24) is 10.2 Å². The van der Waals surface area contributed by atoms with Crippen LogP contribution in [0.3, 0.4) is 0 Å². The van der Waals surface area contributed by atoms with Gasteiger partial charge in [0, 0.05) is 6.54 Å². The van der Waals surface area contributed by atoms with E-state index >= 15 is 0 Å². The molecule has 120 valence electrons. The zero-order valence-electron chi connectivity index (χ0n) is 14.2. The summed E-state index contributed by atoms with van der Waals surface area (Å²) in [5.74, 6) is 0.542. The molecule has 0 radical (unpaired) electrons. The first-order valence-corrected chi connectivity index (χ1v) is 9.02. The molecule has 2 unspecified atom stereocenters. The van der Waals surface area contributed by atoms with Crippen LogP contribution in [0.2, 0.25) is 0 Å². The number of nitriles is 1. The summed E-state index contributed by atoms with van der Waals surface area (Å²) in [7, 11) is 0. The van der Waals surface area contributed by atoms with Gasteiger partial charge in [0.05, 0.1) is 6.07 Å². The van der Waals surface area contributed by atoms with Crippen molar-refractivity contribution in [2.24, 2.45) is 11.3 Å². The summed E-state index contributed by atoms with van der Waals surface area (Å²) in [6.45, 7) is 11.4. The van der Waals surface area contributed by atoms with E-state index in [0.29, 0.717) is 11.3 Å². The molecule has 1 aliphatic heterocycles. The lowest BCUT2D eigenvalue weighted by molar-refractivity contribution is 0.215. The molecule has 21 heavy (non-hydrogen) atoms. The molecule has 2 aliphatic rings. The van der Waals surface area contributed by atoms with Gasteiger partial charge in [0.2, 0.25) is 0 Å². The Kier molecular flexibility index (Phi) is 5.68. The van der Waals surface area contributed by atoms with Gasteiger partial charge >= 0.3 is 0 Å². The van der Waals surface area contributed by atoms with Gasteiger partial charge in [-0.2, -0.15) is 5.26 Å². The fraction of sp³-hybridized carbons (Fsp3) is 0.944. The maximum Gasteiger partial charge on any atom is 0.109 e. The fourth-order valence-corrected chi connectivity index (χ4v) is 4.59. The lowest BCUT2D eigenvalue weighted by Gasteiger charge is -2.31. The molecule has 1 saturated heterocycles. The quantitative estimate of drug-likeness (QED) is 0.779. The third-order valence-corrected chi connectivity index (χ3v) is 6.32. The van der Waals surface area contributed by atoms with Gasteiger partial charge in [0.1, 0.15) is 5.54 Å². The van der Waals surface area contributed by atoms with Gasteiger partial charge in [-0.15, -0.1) is 0 Å². The summed E-state index contributed by atoms with van der Waals surface area (Å²) in [5, 5.41) is 13.1. The Labute approximate surface area is 131 Å². The molecule has 2 atom stereocenters. The molecule has 1 N–H and O–H groups in total. The maximum atomic E-state index is 9.64. The van der Waals surface area contributed by atoms with Crippen molar-refractivity contribution in [3.63, 3.8) is 0 Å². The van der Waals surface area contributed by atoms with E-state index in [-0.39, 0.29) is 5.54 Å². The average molecular weight is 291 g/mol. The van der Waals surface area contributed by atoms with Crippen molar-refractivity contribution in [3.8, 4) is 6.07 Å². The largest absolute Gasteiger partial charge is 0.303 e. The zero-order valence-corrected chi connectivity index (χ0v) is 14.2. The Hall–Kier alpha value is -0.590. The Balaban J connectivity index is 1.87. The first-order chi connectivity index (χ1) is 10.1. The predicted molar refractivity (Wildman–Crippen MR) is 88.1 cm³/mol. The molecule has 2 rings (SSSR count). The number of rotatable bonds is 7. The van der Waals surface area contributed by atoms with Crippen LogP contribution < -0.4 is 5.32 Å². The highest BCUT2D eigenvalue weighted by Crippen LogP contribution is 2.40. The molecule has 1 saturated carbocycles. The van der Waals surface area contributed by atoms with Crippen molar-refractivity contribution < 1.29 is 0 Å². The minimum atomic E-state index is -0.235. The predicted octanol–water partition coefficient (Wildman–Crippen LogP) is 3.56. The molecule has 0 aromatic heterocycles. The summed E-state index contributed by atoms with van der Waals surface area (Å²) in [5.41, 5.74) is 0.338. The Morgan fingerprint density at radius 2 is 2.00 bits per heavy atom.